The van der Waals surface area contributed by atoms with Crippen LogP contribution in [0.1, 0.15) is 79.4 Å². The van der Waals surface area contributed by atoms with Gasteiger partial charge in [0.2, 0.25) is 15.9 Å². The van der Waals surface area contributed by atoms with Crippen LogP contribution < -0.4 is 11.1 Å². The normalized spacial score (nSPS) is 18.6. The van der Waals surface area contributed by atoms with Crippen LogP contribution in [0.4, 0.5) is 5.69 Å². The molecular formula is C38H47N3O5S. The average molecular weight is 658 g/mol. The molecule has 0 spiro atoms. The predicted molar refractivity (Wildman–Crippen MR) is 186 cm³/mol. The summed E-state index contributed by atoms with van der Waals surface area (Å²) in [6.45, 7) is 7.04. The number of hydrogen-bond donors (Lipinski definition) is 2. The van der Waals surface area contributed by atoms with Gasteiger partial charge < -0.3 is 11.1 Å². The zero-order chi connectivity index (χ0) is 33.7. The Morgan fingerprint density at radius 3 is 2.23 bits per heavy atom. The standard InChI is InChI=1S/C38H47N3O5S/c1-4-41(5-2)47(45,46)33-16-18-34(25(3)20-33)28-10-6-26(7-11-28)21-31(23-37(43)29-12-8-27(24-39)9-13-29)38(44)40-32-15-17-35-30(22-32)14-19-36(35)42/h6-7,10-11,15-18,20,22,27,29,31H,4-5,8-9,12-14,19,21,23-24,39H2,1-3H3,(H,40,44)/t27?,29?,31-/m1/s1. The molecule has 0 saturated heterocycles. The van der Waals surface area contributed by atoms with Gasteiger partial charge in [-0.3, -0.25) is 14.4 Å². The Balaban J connectivity index is 1.33. The van der Waals surface area contributed by atoms with Crippen molar-refractivity contribution >= 4 is 33.2 Å². The maximum atomic E-state index is 13.7. The number of nitrogens with zero attached hydrogens (tertiary/aromatic N) is 1. The highest BCUT2D eigenvalue weighted by molar-refractivity contribution is 7.89. The minimum absolute atomic E-state index is 0.0435. The second-order valence-electron chi connectivity index (χ2n) is 13.1. The number of nitrogens with two attached hydrogens (primary N) is 1. The molecular weight excluding hydrogens is 611 g/mol. The summed E-state index contributed by atoms with van der Waals surface area (Å²) >= 11 is 0. The molecule has 0 heterocycles. The third kappa shape index (κ3) is 7.91. The molecule has 3 N–H and O–H groups in total. The largest absolute Gasteiger partial charge is 0.330 e. The number of nitrogens with one attached hydrogen (secondary N) is 1. The Kier molecular flexibility index (Phi) is 11.1. The lowest BCUT2D eigenvalue weighted by Crippen LogP contribution is -2.31. The number of ketones is 2. The van der Waals surface area contributed by atoms with Crippen molar-refractivity contribution in [3.05, 3.63) is 82.9 Å². The van der Waals surface area contributed by atoms with Crippen LogP contribution >= 0.6 is 0 Å². The maximum absolute atomic E-state index is 13.7. The molecule has 0 unspecified atom stereocenters. The van der Waals surface area contributed by atoms with Gasteiger partial charge in [-0.1, -0.05) is 44.2 Å². The monoisotopic (exact) mass is 657 g/mol. The summed E-state index contributed by atoms with van der Waals surface area (Å²) in [6.07, 6.45) is 5.25. The van der Waals surface area contributed by atoms with Crippen molar-refractivity contribution in [3.8, 4) is 11.1 Å². The van der Waals surface area contributed by atoms with E-state index >= 15 is 0 Å². The first-order valence-electron chi connectivity index (χ1n) is 16.9. The second-order valence-corrected chi connectivity index (χ2v) is 15.0. The highest BCUT2D eigenvalue weighted by Crippen LogP contribution is 2.32. The van der Waals surface area contributed by atoms with E-state index in [0.29, 0.717) is 50.5 Å². The molecule has 1 amide bonds. The highest BCUT2D eigenvalue weighted by Gasteiger charge is 2.30. The highest BCUT2D eigenvalue weighted by atomic mass is 32.2. The first kappa shape index (κ1) is 34.7. The third-order valence-electron chi connectivity index (χ3n) is 10.0. The fourth-order valence-corrected chi connectivity index (χ4v) is 8.65. The van der Waals surface area contributed by atoms with Crippen LogP contribution in [-0.2, 0) is 32.5 Å². The molecule has 1 saturated carbocycles. The summed E-state index contributed by atoms with van der Waals surface area (Å²) in [7, 11) is -3.55. The smallest absolute Gasteiger partial charge is 0.243 e. The van der Waals surface area contributed by atoms with Gasteiger partial charge >= 0.3 is 0 Å². The summed E-state index contributed by atoms with van der Waals surface area (Å²) in [4.78, 5) is 39.6. The van der Waals surface area contributed by atoms with Crippen LogP contribution in [0.3, 0.4) is 0 Å². The number of fused-ring (bicyclic) bond motifs is 1. The van der Waals surface area contributed by atoms with E-state index in [1.165, 1.54) is 4.31 Å². The summed E-state index contributed by atoms with van der Waals surface area (Å²) < 4.78 is 27.5. The van der Waals surface area contributed by atoms with Crippen molar-refractivity contribution in [2.75, 3.05) is 25.0 Å². The van der Waals surface area contributed by atoms with Crippen molar-refractivity contribution in [2.45, 2.75) is 77.0 Å². The number of benzene rings is 3. The maximum Gasteiger partial charge on any atom is 0.243 e. The molecule has 47 heavy (non-hydrogen) atoms. The van der Waals surface area contributed by atoms with Crippen LogP contribution in [0.5, 0.6) is 0 Å². The van der Waals surface area contributed by atoms with Crippen LogP contribution in [0.25, 0.3) is 11.1 Å². The van der Waals surface area contributed by atoms with E-state index in [2.05, 4.69) is 5.32 Å². The molecule has 0 aliphatic heterocycles. The number of hydrogen-bond acceptors (Lipinski definition) is 6. The molecule has 3 aromatic carbocycles. The van der Waals surface area contributed by atoms with Crippen molar-refractivity contribution in [3.63, 3.8) is 0 Å². The summed E-state index contributed by atoms with van der Waals surface area (Å²) in [5, 5.41) is 3.04. The summed E-state index contributed by atoms with van der Waals surface area (Å²) in [5.74, 6) is -0.0740. The number of carbonyl (C=O) groups is 3. The number of rotatable bonds is 13. The lowest BCUT2D eigenvalue weighted by atomic mass is 9.77. The van der Waals surface area contributed by atoms with E-state index in [1.807, 2.05) is 57.2 Å². The minimum atomic E-state index is -3.55. The molecule has 1 atom stereocenters. The Bertz CT molecular complexity index is 1720. The number of anilines is 1. The van der Waals surface area contributed by atoms with Crippen LogP contribution in [-0.4, -0.2) is 49.8 Å². The van der Waals surface area contributed by atoms with Crippen molar-refractivity contribution in [1.82, 2.24) is 4.31 Å². The first-order chi connectivity index (χ1) is 22.5. The molecule has 0 radical (unpaired) electrons. The van der Waals surface area contributed by atoms with Gasteiger partial charge in [0.25, 0.3) is 0 Å². The lowest BCUT2D eigenvalue weighted by molar-refractivity contribution is -0.129. The second kappa shape index (κ2) is 15.0. The number of amides is 1. The van der Waals surface area contributed by atoms with E-state index in [1.54, 1.807) is 24.3 Å². The van der Waals surface area contributed by atoms with Gasteiger partial charge in [0.15, 0.2) is 5.78 Å². The van der Waals surface area contributed by atoms with Gasteiger partial charge in [0, 0.05) is 49.0 Å². The van der Waals surface area contributed by atoms with Crippen LogP contribution in [0.15, 0.2) is 65.6 Å². The van der Waals surface area contributed by atoms with Gasteiger partial charge in [-0.25, -0.2) is 8.42 Å². The summed E-state index contributed by atoms with van der Waals surface area (Å²) in [6, 6.07) is 18.6. The van der Waals surface area contributed by atoms with E-state index in [4.69, 9.17) is 5.73 Å². The Labute approximate surface area is 279 Å². The molecule has 3 aromatic rings. The fraction of sp³-hybridized carbons (Fsp3) is 0.447. The van der Waals surface area contributed by atoms with Gasteiger partial charge in [0.05, 0.1) is 4.90 Å². The Morgan fingerprint density at radius 2 is 1.60 bits per heavy atom. The quantitative estimate of drug-likeness (QED) is 0.221. The SMILES string of the molecule is CCN(CC)S(=O)(=O)c1ccc(-c2ccc(C[C@H](CC(=O)C3CCC(CN)CC3)C(=O)Nc3ccc4c(c3)CCC4=O)cc2)c(C)c1. The van der Waals surface area contributed by atoms with Gasteiger partial charge in [-0.15, -0.1) is 0 Å². The number of sulfonamides is 1. The number of carbonyl (C=O) groups excluding carboxylic acids is 3. The van der Waals surface area contributed by atoms with Crippen molar-refractivity contribution < 1.29 is 22.8 Å². The molecule has 2 aliphatic rings. The third-order valence-corrected chi connectivity index (χ3v) is 12.1. The van der Waals surface area contributed by atoms with Gasteiger partial charge in [0.1, 0.15) is 5.78 Å². The van der Waals surface area contributed by atoms with Gasteiger partial charge in [-0.05, 0) is 116 Å². The molecule has 2 aliphatic carbocycles. The van der Waals surface area contributed by atoms with E-state index in [-0.39, 0.29) is 34.7 Å². The van der Waals surface area contributed by atoms with E-state index < -0.39 is 15.9 Å². The lowest BCUT2D eigenvalue weighted by Gasteiger charge is -2.27. The zero-order valence-electron chi connectivity index (χ0n) is 27.8. The molecule has 8 nitrogen and oxygen atoms in total. The van der Waals surface area contributed by atoms with E-state index in [9.17, 15) is 22.8 Å². The molecule has 9 heteroatoms. The molecule has 250 valence electrons. The van der Waals surface area contributed by atoms with Crippen LogP contribution in [0.2, 0.25) is 0 Å². The van der Waals surface area contributed by atoms with Crippen LogP contribution in [0, 0.1) is 24.7 Å². The topological polar surface area (TPSA) is 127 Å². The van der Waals surface area contributed by atoms with Crippen molar-refractivity contribution in [2.24, 2.45) is 23.5 Å². The first-order valence-corrected chi connectivity index (χ1v) is 18.4. The van der Waals surface area contributed by atoms with E-state index in [0.717, 1.165) is 59.1 Å². The molecule has 1 fully saturated rings. The Hall–Kier alpha value is -3.66. The average Bonchev–Trinajstić information content (AvgIpc) is 3.44. The molecule has 0 aromatic heterocycles. The fourth-order valence-electron chi connectivity index (χ4n) is 7.10. The molecule has 0 bridgehead atoms. The number of aryl methyl sites for hydroxylation is 2. The molecule has 5 rings (SSSR count). The predicted octanol–water partition coefficient (Wildman–Crippen LogP) is 6.34. The summed E-state index contributed by atoms with van der Waals surface area (Å²) in [5.41, 5.74) is 11.8. The van der Waals surface area contributed by atoms with Crippen molar-refractivity contribution in [1.29, 1.82) is 0 Å². The minimum Gasteiger partial charge on any atom is -0.330 e. The Morgan fingerprint density at radius 1 is 0.915 bits per heavy atom. The number of Topliss-reactive ketones (excluding diaryl/α,β-unsaturated/α-hetero) is 2. The zero-order valence-corrected chi connectivity index (χ0v) is 28.6. The van der Waals surface area contributed by atoms with Gasteiger partial charge in [-0.2, -0.15) is 4.31 Å².